The molecule has 1 fully saturated rings. The van der Waals surface area contributed by atoms with Crippen LogP contribution < -0.4 is 0 Å². The van der Waals surface area contributed by atoms with Crippen LogP contribution in [-0.4, -0.2) is 0 Å². The second-order valence-electron chi connectivity index (χ2n) is 12.3. The molecule has 0 N–H and O–H groups in total. The van der Waals surface area contributed by atoms with Crippen molar-refractivity contribution in [1.82, 2.24) is 0 Å². The lowest BCUT2D eigenvalue weighted by molar-refractivity contribution is 0.356. The smallest absolute Gasteiger partial charge is 0.00137 e. The SMILES string of the molecule is C=C(CC1=CCC=C1C1=Cc2cc(CC3CCCCC3)ccc2C1)C1=C(C(C)(C)C)CC(C)=C1. The molecule has 0 spiro atoms. The van der Waals surface area contributed by atoms with Gasteiger partial charge < -0.3 is 0 Å². The molecule has 0 radical (unpaired) electrons. The number of fused-ring (bicyclic) bond motifs is 1. The Morgan fingerprint density at radius 3 is 2.56 bits per heavy atom. The number of hydrogen-bond donors (Lipinski definition) is 0. The van der Waals surface area contributed by atoms with Crippen molar-refractivity contribution in [2.75, 3.05) is 0 Å². The van der Waals surface area contributed by atoms with Crippen molar-refractivity contribution in [3.8, 4) is 0 Å². The Labute approximate surface area is 207 Å². The molecular weight excluding hydrogens is 408 g/mol. The summed E-state index contributed by atoms with van der Waals surface area (Å²) in [6.45, 7) is 13.9. The Morgan fingerprint density at radius 1 is 1.00 bits per heavy atom. The topological polar surface area (TPSA) is 0 Å². The Balaban J connectivity index is 1.30. The van der Waals surface area contributed by atoms with E-state index < -0.39 is 0 Å². The first-order chi connectivity index (χ1) is 16.3. The van der Waals surface area contributed by atoms with Crippen molar-refractivity contribution in [3.63, 3.8) is 0 Å². The second kappa shape index (κ2) is 9.37. The minimum Gasteiger partial charge on any atom is -0.0949 e. The number of benzene rings is 1. The summed E-state index contributed by atoms with van der Waals surface area (Å²) in [5, 5.41) is 0. The van der Waals surface area contributed by atoms with Crippen molar-refractivity contribution in [1.29, 1.82) is 0 Å². The Morgan fingerprint density at radius 2 is 1.79 bits per heavy atom. The van der Waals surface area contributed by atoms with Crippen molar-refractivity contribution in [3.05, 3.63) is 98.7 Å². The van der Waals surface area contributed by atoms with Gasteiger partial charge in [0.2, 0.25) is 0 Å². The molecule has 0 unspecified atom stereocenters. The number of hydrogen-bond acceptors (Lipinski definition) is 0. The van der Waals surface area contributed by atoms with Crippen LogP contribution in [0.15, 0.2) is 82.0 Å². The van der Waals surface area contributed by atoms with Crippen molar-refractivity contribution in [2.24, 2.45) is 11.3 Å². The first-order valence-electron chi connectivity index (χ1n) is 13.6. The summed E-state index contributed by atoms with van der Waals surface area (Å²) >= 11 is 0. The van der Waals surface area contributed by atoms with Crippen LogP contribution in [0.1, 0.15) is 95.8 Å². The summed E-state index contributed by atoms with van der Waals surface area (Å²) < 4.78 is 0. The monoisotopic (exact) mass is 450 g/mol. The standard InChI is InChI=1S/C34H42/c1-23-16-32(33(17-23)34(3,4)5)24(2)18-28-12-9-13-31(28)30-21-27-15-14-26(20-29(27)22-30)19-25-10-7-6-8-11-25/h12-16,20,22,25H,2,6-11,17-19,21H2,1,3-5H3. The van der Waals surface area contributed by atoms with Crippen molar-refractivity contribution >= 4 is 6.08 Å². The van der Waals surface area contributed by atoms with Gasteiger partial charge in [0.15, 0.2) is 0 Å². The van der Waals surface area contributed by atoms with E-state index in [0.29, 0.717) is 0 Å². The lowest BCUT2D eigenvalue weighted by atomic mass is 9.81. The van der Waals surface area contributed by atoms with Gasteiger partial charge in [-0.1, -0.05) is 113 Å². The van der Waals surface area contributed by atoms with Crippen LogP contribution in [0.3, 0.4) is 0 Å². The molecule has 4 aliphatic carbocycles. The van der Waals surface area contributed by atoms with Gasteiger partial charge in [-0.25, -0.2) is 0 Å². The van der Waals surface area contributed by atoms with E-state index >= 15 is 0 Å². The van der Waals surface area contributed by atoms with Crippen LogP contribution in [0.2, 0.25) is 0 Å². The molecule has 0 heteroatoms. The summed E-state index contributed by atoms with van der Waals surface area (Å²) in [5.41, 5.74) is 14.9. The van der Waals surface area contributed by atoms with E-state index in [-0.39, 0.29) is 5.41 Å². The van der Waals surface area contributed by atoms with E-state index in [1.807, 2.05) is 0 Å². The Bertz CT molecular complexity index is 1140. The molecule has 0 saturated heterocycles. The molecule has 0 heterocycles. The quantitative estimate of drug-likeness (QED) is 0.404. The van der Waals surface area contributed by atoms with Gasteiger partial charge in [0.25, 0.3) is 0 Å². The Kier molecular flexibility index (Phi) is 6.45. The van der Waals surface area contributed by atoms with Gasteiger partial charge in [-0.2, -0.15) is 0 Å². The molecule has 5 rings (SSSR count). The molecule has 178 valence electrons. The molecule has 0 atom stereocenters. The highest BCUT2D eigenvalue weighted by Gasteiger charge is 2.27. The maximum atomic E-state index is 4.58. The largest absolute Gasteiger partial charge is 0.0949 e. The second-order valence-corrected chi connectivity index (χ2v) is 12.3. The zero-order valence-electron chi connectivity index (χ0n) is 21.9. The third-order valence-electron chi connectivity index (χ3n) is 8.41. The molecule has 0 aromatic heterocycles. The van der Waals surface area contributed by atoms with Crippen LogP contribution in [0.4, 0.5) is 0 Å². The molecular formula is C34H42. The maximum absolute atomic E-state index is 4.58. The summed E-state index contributed by atoms with van der Waals surface area (Å²) in [5.74, 6) is 0.898. The molecule has 1 aromatic carbocycles. The summed E-state index contributed by atoms with van der Waals surface area (Å²) in [7, 11) is 0. The molecule has 4 aliphatic rings. The van der Waals surface area contributed by atoms with E-state index in [1.54, 1.807) is 5.57 Å². The average Bonchev–Trinajstić information content (AvgIpc) is 3.51. The third-order valence-corrected chi connectivity index (χ3v) is 8.41. The van der Waals surface area contributed by atoms with Crippen molar-refractivity contribution in [2.45, 2.75) is 91.9 Å². The van der Waals surface area contributed by atoms with Gasteiger partial charge in [-0.05, 0) is 94.9 Å². The normalized spacial score (nSPS) is 20.8. The molecule has 1 saturated carbocycles. The fourth-order valence-electron chi connectivity index (χ4n) is 6.54. The van der Waals surface area contributed by atoms with E-state index in [4.69, 9.17) is 0 Å². The lowest BCUT2D eigenvalue weighted by Gasteiger charge is -2.24. The van der Waals surface area contributed by atoms with Gasteiger partial charge in [-0.3, -0.25) is 0 Å². The average molecular weight is 451 g/mol. The fourth-order valence-corrected chi connectivity index (χ4v) is 6.54. The van der Waals surface area contributed by atoms with Crippen LogP contribution in [0, 0.1) is 11.3 Å². The summed E-state index contributed by atoms with van der Waals surface area (Å²) in [6, 6.07) is 7.30. The van der Waals surface area contributed by atoms with Crippen LogP contribution in [-0.2, 0) is 12.8 Å². The van der Waals surface area contributed by atoms with Gasteiger partial charge in [0.1, 0.15) is 0 Å². The van der Waals surface area contributed by atoms with Crippen LogP contribution in [0.25, 0.3) is 6.08 Å². The van der Waals surface area contributed by atoms with E-state index in [9.17, 15) is 0 Å². The van der Waals surface area contributed by atoms with Crippen molar-refractivity contribution < 1.29 is 0 Å². The van der Waals surface area contributed by atoms with Gasteiger partial charge in [0.05, 0.1) is 0 Å². The van der Waals surface area contributed by atoms with Gasteiger partial charge >= 0.3 is 0 Å². The Hall–Kier alpha value is -2.34. The molecule has 0 bridgehead atoms. The van der Waals surface area contributed by atoms with E-state index in [0.717, 1.165) is 31.6 Å². The first-order valence-corrected chi connectivity index (χ1v) is 13.6. The molecule has 0 nitrogen and oxygen atoms in total. The number of rotatable bonds is 6. The van der Waals surface area contributed by atoms with Gasteiger partial charge in [-0.15, -0.1) is 0 Å². The fraction of sp³-hybridized carbons (Fsp3) is 0.471. The molecule has 0 aliphatic heterocycles. The minimum absolute atomic E-state index is 0.195. The molecule has 0 amide bonds. The first kappa shape index (κ1) is 23.4. The summed E-state index contributed by atoms with van der Waals surface area (Å²) in [4.78, 5) is 0. The van der Waals surface area contributed by atoms with Crippen LogP contribution >= 0.6 is 0 Å². The van der Waals surface area contributed by atoms with E-state index in [1.165, 1.54) is 88.7 Å². The highest BCUT2D eigenvalue weighted by molar-refractivity contribution is 5.72. The highest BCUT2D eigenvalue weighted by Crippen LogP contribution is 2.44. The minimum atomic E-state index is 0.195. The third kappa shape index (κ3) is 4.88. The predicted octanol–water partition coefficient (Wildman–Crippen LogP) is 9.64. The summed E-state index contributed by atoms with van der Waals surface area (Å²) in [6.07, 6.45) is 22.3. The van der Waals surface area contributed by atoms with Gasteiger partial charge in [0, 0.05) is 0 Å². The zero-order chi connectivity index (χ0) is 23.9. The van der Waals surface area contributed by atoms with E-state index in [2.05, 4.69) is 76.8 Å². The maximum Gasteiger partial charge on any atom is -0.00137 e. The molecule has 34 heavy (non-hydrogen) atoms. The number of allylic oxidation sites excluding steroid dienone is 10. The lowest BCUT2D eigenvalue weighted by Crippen LogP contribution is -2.10. The van der Waals surface area contributed by atoms with Crippen LogP contribution in [0.5, 0.6) is 0 Å². The predicted molar refractivity (Wildman–Crippen MR) is 148 cm³/mol. The molecule has 1 aromatic rings. The highest BCUT2D eigenvalue weighted by atomic mass is 14.3. The zero-order valence-corrected chi connectivity index (χ0v) is 21.9.